The van der Waals surface area contributed by atoms with Gasteiger partial charge in [-0.1, -0.05) is 13.0 Å². The minimum atomic E-state index is -0.263. The number of nitrogen functional groups attached to an aromatic ring is 1. The summed E-state index contributed by atoms with van der Waals surface area (Å²) in [7, 11) is 0. The summed E-state index contributed by atoms with van der Waals surface area (Å²) in [6, 6.07) is 5.36. The Hall–Kier alpha value is -2.56. The van der Waals surface area contributed by atoms with Gasteiger partial charge >= 0.3 is 0 Å². The molecule has 5 heteroatoms. The van der Waals surface area contributed by atoms with Gasteiger partial charge in [0.2, 0.25) is 0 Å². The quantitative estimate of drug-likeness (QED) is 0.598. The number of carbonyl (C=O) groups excluding carboxylic acids is 2. The number of Topliss-reactive ketones (excluding diaryl/α,β-unsaturated/α-hetero) is 1. The molecule has 0 atom stereocenters. The second-order valence-corrected chi connectivity index (χ2v) is 5.42. The number of hydrogen-bond acceptors (Lipinski definition) is 3. The Morgan fingerprint density at radius 2 is 1.95 bits per heavy atom. The number of benzene rings is 1. The van der Waals surface area contributed by atoms with Crippen LogP contribution in [0.1, 0.15) is 51.5 Å². The van der Waals surface area contributed by atoms with Crippen molar-refractivity contribution in [2.75, 3.05) is 11.1 Å². The first-order valence-corrected chi connectivity index (χ1v) is 7.25. The predicted octanol–water partition coefficient (Wildman–Crippen LogP) is 3.23. The number of aromatic nitrogens is 1. The minimum Gasteiger partial charge on any atom is -0.399 e. The third-order valence-corrected chi connectivity index (χ3v) is 3.73. The van der Waals surface area contributed by atoms with Crippen LogP contribution in [0, 0.1) is 13.8 Å². The van der Waals surface area contributed by atoms with Gasteiger partial charge in [-0.05, 0) is 50.5 Å². The van der Waals surface area contributed by atoms with Crippen LogP contribution in [0.3, 0.4) is 0 Å². The Labute approximate surface area is 129 Å². The fraction of sp³-hybridized carbons (Fsp3) is 0.294. The Bertz CT molecular complexity index is 745. The zero-order chi connectivity index (χ0) is 16.4. The highest BCUT2D eigenvalue weighted by Crippen LogP contribution is 2.23. The molecule has 116 valence electrons. The van der Waals surface area contributed by atoms with Crippen molar-refractivity contribution in [3.63, 3.8) is 0 Å². The van der Waals surface area contributed by atoms with Crippen LogP contribution in [0.25, 0.3) is 0 Å². The summed E-state index contributed by atoms with van der Waals surface area (Å²) in [5, 5.41) is 2.86. The Morgan fingerprint density at radius 3 is 2.55 bits per heavy atom. The molecular weight excluding hydrogens is 278 g/mol. The molecule has 0 spiro atoms. The summed E-state index contributed by atoms with van der Waals surface area (Å²) < 4.78 is 0. The SMILES string of the molecule is CCc1c(C(=O)Nc2cc(N)ccc2C)[nH]c(C)c1C(C)=O. The molecular formula is C17H21N3O2. The highest BCUT2D eigenvalue weighted by Gasteiger charge is 2.21. The van der Waals surface area contributed by atoms with Crippen LogP contribution in [0.4, 0.5) is 11.4 Å². The van der Waals surface area contributed by atoms with Gasteiger partial charge in [0, 0.05) is 22.6 Å². The molecule has 1 amide bonds. The van der Waals surface area contributed by atoms with Gasteiger partial charge in [-0.15, -0.1) is 0 Å². The number of aryl methyl sites for hydroxylation is 2. The molecule has 0 aliphatic carbocycles. The van der Waals surface area contributed by atoms with Crippen molar-refractivity contribution in [2.45, 2.75) is 34.1 Å². The average Bonchev–Trinajstić information content (AvgIpc) is 2.79. The standard InChI is InChI=1S/C17H21N3O2/c1-5-13-15(11(4)21)10(3)19-16(13)17(22)20-14-8-12(18)7-6-9(14)2/h6-8,19H,5,18H2,1-4H3,(H,20,22). The second kappa shape index (κ2) is 6.05. The van der Waals surface area contributed by atoms with Crippen LogP contribution in [0.15, 0.2) is 18.2 Å². The van der Waals surface area contributed by atoms with Gasteiger partial charge in [0.1, 0.15) is 5.69 Å². The van der Waals surface area contributed by atoms with Crippen molar-refractivity contribution in [1.29, 1.82) is 0 Å². The first kappa shape index (κ1) is 15.8. The molecule has 0 aliphatic rings. The van der Waals surface area contributed by atoms with Crippen LogP contribution in [0.2, 0.25) is 0 Å². The molecule has 22 heavy (non-hydrogen) atoms. The zero-order valence-corrected chi connectivity index (χ0v) is 13.3. The largest absolute Gasteiger partial charge is 0.399 e. The molecule has 2 aromatic rings. The van der Waals surface area contributed by atoms with Gasteiger partial charge < -0.3 is 16.0 Å². The average molecular weight is 299 g/mol. The number of ketones is 1. The van der Waals surface area contributed by atoms with Crippen molar-refractivity contribution >= 4 is 23.1 Å². The number of H-pyrrole nitrogens is 1. The van der Waals surface area contributed by atoms with E-state index in [4.69, 9.17) is 5.73 Å². The topological polar surface area (TPSA) is 88.0 Å². The van der Waals surface area contributed by atoms with E-state index in [1.54, 1.807) is 19.1 Å². The van der Waals surface area contributed by atoms with Crippen molar-refractivity contribution in [1.82, 2.24) is 4.98 Å². The monoisotopic (exact) mass is 299 g/mol. The van der Waals surface area contributed by atoms with E-state index >= 15 is 0 Å². The van der Waals surface area contributed by atoms with E-state index < -0.39 is 0 Å². The maximum Gasteiger partial charge on any atom is 0.272 e. The molecule has 0 saturated carbocycles. The van der Waals surface area contributed by atoms with Crippen molar-refractivity contribution < 1.29 is 9.59 Å². The highest BCUT2D eigenvalue weighted by molar-refractivity contribution is 6.08. The fourth-order valence-corrected chi connectivity index (χ4v) is 2.66. The highest BCUT2D eigenvalue weighted by atomic mass is 16.2. The smallest absolute Gasteiger partial charge is 0.272 e. The van der Waals surface area contributed by atoms with Crippen LogP contribution in [-0.2, 0) is 6.42 Å². The first-order valence-electron chi connectivity index (χ1n) is 7.25. The summed E-state index contributed by atoms with van der Waals surface area (Å²) in [6.07, 6.45) is 0.609. The van der Waals surface area contributed by atoms with E-state index in [1.165, 1.54) is 6.92 Å². The van der Waals surface area contributed by atoms with Gasteiger partial charge in [-0.3, -0.25) is 9.59 Å². The van der Waals surface area contributed by atoms with Gasteiger partial charge in [0.15, 0.2) is 5.78 Å². The van der Waals surface area contributed by atoms with Gasteiger partial charge in [-0.2, -0.15) is 0 Å². The molecule has 0 bridgehead atoms. The van der Waals surface area contributed by atoms with Crippen LogP contribution in [0.5, 0.6) is 0 Å². The molecule has 1 heterocycles. The third-order valence-electron chi connectivity index (χ3n) is 3.73. The van der Waals surface area contributed by atoms with Crippen molar-refractivity contribution in [2.24, 2.45) is 0 Å². The number of nitrogens with two attached hydrogens (primary N) is 1. The van der Waals surface area contributed by atoms with E-state index in [2.05, 4.69) is 10.3 Å². The maximum atomic E-state index is 12.6. The molecule has 5 nitrogen and oxygen atoms in total. The Kier molecular flexibility index (Phi) is 4.35. The lowest BCUT2D eigenvalue weighted by Crippen LogP contribution is -2.15. The summed E-state index contributed by atoms with van der Waals surface area (Å²) in [5.41, 5.74) is 10.5. The van der Waals surface area contributed by atoms with Gasteiger partial charge in [-0.25, -0.2) is 0 Å². The summed E-state index contributed by atoms with van der Waals surface area (Å²) in [5.74, 6) is -0.300. The number of nitrogens with one attached hydrogen (secondary N) is 2. The summed E-state index contributed by atoms with van der Waals surface area (Å²) in [4.78, 5) is 27.4. The molecule has 0 fully saturated rings. The molecule has 1 aromatic carbocycles. The molecule has 0 radical (unpaired) electrons. The number of amides is 1. The Morgan fingerprint density at radius 1 is 1.27 bits per heavy atom. The molecule has 0 aliphatic heterocycles. The summed E-state index contributed by atoms with van der Waals surface area (Å²) >= 11 is 0. The fourth-order valence-electron chi connectivity index (χ4n) is 2.66. The Balaban J connectivity index is 2.40. The van der Waals surface area contributed by atoms with E-state index in [0.717, 1.165) is 16.8 Å². The third kappa shape index (κ3) is 2.88. The lowest BCUT2D eigenvalue weighted by Gasteiger charge is -2.09. The zero-order valence-electron chi connectivity index (χ0n) is 13.3. The second-order valence-electron chi connectivity index (χ2n) is 5.42. The molecule has 4 N–H and O–H groups in total. The van der Waals surface area contributed by atoms with Gasteiger partial charge in [0.25, 0.3) is 5.91 Å². The normalized spacial score (nSPS) is 10.5. The molecule has 0 unspecified atom stereocenters. The van der Waals surface area contributed by atoms with Crippen LogP contribution < -0.4 is 11.1 Å². The number of carbonyl (C=O) groups is 2. The predicted molar refractivity (Wildman–Crippen MR) is 88.5 cm³/mol. The number of rotatable bonds is 4. The number of hydrogen-bond donors (Lipinski definition) is 3. The number of aromatic amines is 1. The molecule has 1 aromatic heterocycles. The minimum absolute atomic E-state index is 0.0372. The number of anilines is 2. The lowest BCUT2D eigenvalue weighted by molar-refractivity contribution is 0.101. The molecule has 2 rings (SSSR count). The van der Waals surface area contributed by atoms with E-state index in [9.17, 15) is 9.59 Å². The van der Waals surface area contributed by atoms with Crippen molar-refractivity contribution in [3.8, 4) is 0 Å². The van der Waals surface area contributed by atoms with Crippen LogP contribution >= 0.6 is 0 Å². The van der Waals surface area contributed by atoms with E-state index in [1.807, 2.05) is 19.9 Å². The van der Waals surface area contributed by atoms with E-state index in [0.29, 0.717) is 29.1 Å². The molecule has 0 saturated heterocycles. The van der Waals surface area contributed by atoms with Gasteiger partial charge in [0.05, 0.1) is 0 Å². The first-order chi connectivity index (χ1) is 10.3. The van der Waals surface area contributed by atoms with E-state index in [-0.39, 0.29) is 11.7 Å². The summed E-state index contributed by atoms with van der Waals surface area (Å²) in [6.45, 7) is 7.14. The maximum absolute atomic E-state index is 12.6. The lowest BCUT2D eigenvalue weighted by atomic mass is 10.0. The van der Waals surface area contributed by atoms with Crippen LogP contribution in [-0.4, -0.2) is 16.7 Å². The van der Waals surface area contributed by atoms with Crippen molar-refractivity contribution in [3.05, 3.63) is 46.3 Å².